The highest BCUT2D eigenvalue weighted by atomic mass is 16.6. The molecule has 2 aromatic rings. The number of ether oxygens (including phenoxy) is 1. The molecule has 0 saturated heterocycles. The molecule has 1 aliphatic carbocycles. The molecule has 30 heavy (non-hydrogen) atoms. The Labute approximate surface area is 175 Å². The van der Waals surface area contributed by atoms with Crippen LogP contribution in [-0.2, 0) is 16.6 Å². The molecule has 2 heterocycles. The number of aryl methyl sites for hydroxylation is 1. The van der Waals surface area contributed by atoms with E-state index in [9.17, 15) is 14.9 Å². The Morgan fingerprint density at radius 2 is 2.10 bits per heavy atom. The zero-order valence-corrected chi connectivity index (χ0v) is 17.5. The van der Waals surface area contributed by atoms with Crippen LogP contribution in [0.3, 0.4) is 0 Å². The van der Waals surface area contributed by atoms with Gasteiger partial charge in [-0.05, 0) is 32.3 Å². The summed E-state index contributed by atoms with van der Waals surface area (Å²) in [5.41, 5.74) is 3.76. The van der Waals surface area contributed by atoms with Gasteiger partial charge in [0.15, 0.2) is 0 Å². The van der Waals surface area contributed by atoms with Crippen LogP contribution in [0.5, 0.6) is 0 Å². The van der Waals surface area contributed by atoms with Gasteiger partial charge in [-0.25, -0.2) is 4.79 Å². The second-order valence-corrected chi connectivity index (χ2v) is 7.92. The maximum atomic E-state index is 13.0. The summed E-state index contributed by atoms with van der Waals surface area (Å²) >= 11 is 0. The lowest BCUT2D eigenvalue weighted by molar-refractivity contribution is -0.384. The van der Waals surface area contributed by atoms with Gasteiger partial charge in [-0.3, -0.25) is 14.8 Å². The van der Waals surface area contributed by atoms with Crippen molar-refractivity contribution in [1.82, 2.24) is 9.78 Å². The standard InChI is InChI=1S/C22H26N4O4/c1-4-30-22(27)17-13(2)23-21-19(20(24-25(21)3)14-8-5-6-9-14)18(17)15-10-7-11-16(12-15)26(28)29/h7,10-12,14,18,23H,4-6,8-9H2,1-3H3. The number of non-ortho nitro benzene ring substituents is 1. The molecule has 1 unspecified atom stereocenters. The zero-order chi connectivity index (χ0) is 21.4. The molecule has 1 saturated carbocycles. The molecule has 1 atom stereocenters. The highest BCUT2D eigenvalue weighted by Gasteiger charge is 2.39. The molecule has 1 N–H and O–H groups in total. The Morgan fingerprint density at radius 1 is 1.37 bits per heavy atom. The molecule has 0 radical (unpaired) electrons. The van der Waals surface area contributed by atoms with E-state index in [2.05, 4.69) is 5.32 Å². The second-order valence-electron chi connectivity index (χ2n) is 7.92. The van der Waals surface area contributed by atoms with Gasteiger partial charge < -0.3 is 10.1 Å². The van der Waals surface area contributed by atoms with Crippen molar-refractivity contribution in [3.05, 3.63) is 62.5 Å². The van der Waals surface area contributed by atoms with Crippen LogP contribution in [0, 0.1) is 10.1 Å². The van der Waals surface area contributed by atoms with E-state index in [0.29, 0.717) is 22.8 Å². The molecule has 0 bridgehead atoms. The average Bonchev–Trinajstić information content (AvgIpc) is 3.36. The van der Waals surface area contributed by atoms with Gasteiger partial charge in [0.2, 0.25) is 0 Å². The lowest BCUT2D eigenvalue weighted by Gasteiger charge is -2.29. The van der Waals surface area contributed by atoms with Crippen LogP contribution in [0.25, 0.3) is 0 Å². The number of aromatic nitrogens is 2. The van der Waals surface area contributed by atoms with Crippen LogP contribution in [0.15, 0.2) is 35.5 Å². The number of nitrogens with one attached hydrogen (secondary N) is 1. The second kappa shape index (κ2) is 7.93. The van der Waals surface area contributed by atoms with Crippen molar-refractivity contribution in [3.8, 4) is 0 Å². The third-order valence-corrected chi connectivity index (χ3v) is 6.05. The molecule has 1 aromatic heterocycles. The zero-order valence-electron chi connectivity index (χ0n) is 17.5. The average molecular weight is 410 g/mol. The maximum absolute atomic E-state index is 13.0. The fourth-order valence-electron chi connectivity index (χ4n) is 4.73. The number of rotatable bonds is 5. The fourth-order valence-corrected chi connectivity index (χ4v) is 4.73. The Morgan fingerprint density at radius 3 is 2.77 bits per heavy atom. The number of nitrogens with zero attached hydrogens (tertiary/aromatic N) is 3. The highest BCUT2D eigenvalue weighted by Crippen LogP contribution is 2.48. The van der Waals surface area contributed by atoms with Crippen molar-refractivity contribution in [2.75, 3.05) is 11.9 Å². The van der Waals surface area contributed by atoms with E-state index in [4.69, 9.17) is 9.84 Å². The van der Waals surface area contributed by atoms with Gasteiger partial charge in [-0.15, -0.1) is 0 Å². The van der Waals surface area contributed by atoms with Crippen LogP contribution in [0.4, 0.5) is 11.5 Å². The van der Waals surface area contributed by atoms with Gasteiger partial charge in [-0.1, -0.05) is 25.0 Å². The van der Waals surface area contributed by atoms with E-state index < -0.39 is 16.8 Å². The van der Waals surface area contributed by atoms with E-state index in [1.54, 1.807) is 19.1 Å². The third kappa shape index (κ3) is 3.36. The molecule has 1 fully saturated rings. The molecule has 0 spiro atoms. The summed E-state index contributed by atoms with van der Waals surface area (Å²) in [5.74, 6) is 0.277. The number of fused-ring (bicyclic) bond motifs is 1. The van der Waals surface area contributed by atoms with Crippen molar-refractivity contribution < 1.29 is 14.5 Å². The summed E-state index contributed by atoms with van der Waals surface area (Å²) in [5, 5.41) is 19.6. The van der Waals surface area contributed by atoms with Crippen LogP contribution < -0.4 is 5.32 Å². The first-order valence-corrected chi connectivity index (χ1v) is 10.4. The molecule has 1 aromatic carbocycles. The minimum absolute atomic E-state index is 0.000230. The SMILES string of the molecule is CCOC(=O)C1=C(C)Nc2c(c(C3CCCC3)nn2C)C1c1cccc([N+](=O)[O-])c1. The van der Waals surface area contributed by atoms with Crippen LogP contribution in [-0.4, -0.2) is 27.3 Å². The fraction of sp³-hybridized carbons (Fsp3) is 0.455. The normalized spacial score (nSPS) is 18.8. The first-order valence-electron chi connectivity index (χ1n) is 10.4. The van der Waals surface area contributed by atoms with E-state index in [1.807, 2.05) is 24.7 Å². The van der Waals surface area contributed by atoms with Crippen molar-refractivity contribution in [2.24, 2.45) is 7.05 Å². The van der Waals surface area contributed by atoms with Crippen LogP contribution in [0.1, 0.15) is 68.2 Å². The van der Waals surface area contributed by atoms with Gasteiger partial charge >= 0.3 is 5.97 Å². The number of nitro benzene ring substituents is 1. The minimum atomic E-state index is -0.468. The Hall–Kier alpha value is -3.16. The summed E-state index contributed by atoms with van der Waals surface area (Å²) < 4.78 is 7.19. The van der Waals surface area contributed by atoms with E-state index in [0.717, 1.165) is 42.8 Å². The lowest BCUT2D eigenvalue weighted by atomic mass is 9.79. The highest BCUT2D eigenvalue weighted by molar-refractivity contribution is 5.94. The van der Waals surface area contributed by atoms with Gasteiger partial charge in [0.1, 0.15) is 5.82 Å². The number of benzene rings is 1. The molecule has 158 valence electrons. The number of nitro groups is 1. The number of allylic oxidation sites excluding steroid dienone is 1. The van der Waals surface area contributed by atoms with Crippen molar-refractivity contribution >= 4 is 17.5 Å². The Bertz CT molecular complexity index is 1030. The molecule has 8 heteroatoms. The molecule has 0 amide bonds. The quantitative estimate of drug-likeness (QED) is 0.446. The number of hydrogen-bond donors (Lipinski definition) is 1. The molecular formula is C22H26N4O4. The van der Waals surface area contributed by atoms with Crippen LogP contribution >= 0.6 is 0 Å². The number of anilines is 1. The summed E-state index contributed by atoms with van der Waals surface area (Å²) in [7, 11) is 1.89. The number of esters is 1. The summed E-state index contributed by atoms with van der Waals surface area (Å²) in [6.45, 7) is 3.86. The van der Waals surface area contributed by atoms with E-state index in [1.165, 1.54) is 6.07 Å². The monoisotopic (exact) mass is 410 g/mol. The summed E-state index contributed by atoms with van der Waals surface area (Å²) in [6, 6.07) is 6.52. The Kier molecular flexibility index (Phi) is 5.32. The third-order valence-electron chi connectivity index (χ3n) is 6.05. The van der Waals surface area contributed by atoms with Gasteiger partial charge in [-0.2, -0.15) is 5.10 Å². The lowest BCUT2D eigenvalue weighted by Crippen LogP contribution is -2.25. The molecule has 2 aliphatic rings. The first-order chi connectivity index (χ1) is 14.4. The maximum Gasteiger partial charge on any atom is 0.336 e. The van der Waals surface area contributed by atoms with Crippen molar-refractivity contribution in [2.45, 2.75) is 51.4 Å². The smallest absolute Gasteiger partial charge is 0.336 e. The first kappa shape index (κ1) is 20.1. The predicted octanol–water partition coefficient (Wildman–Crippen LogP) is 4.38. The van der Waals surface area contributed by atoms with E-state index >= 15 is 0 Å². The van der Waals surface area contributed by atoms with Crippen LogP contribution in [0.2, 0.25) is 0 Å². The largest absolute Gasteiger partial charge is 0.463 e. The summed E-state index contributed by atoms with van der Waals surface area (Å²) in [4.78, 5) is 24.0. The molecule has 8 nitrogen and oxygen atoms in total. The topological polar surface area (TPSA) is 99.3 Å². The minimum Gasteiger partial charge on any atom is -0.463 e. The number of carbonyl (C=O) groups excluding carboxylic acids is 1. The van der Waals surface area contributed by atoms with Gasteiger partial charge in [0.25, 0.3) is 5.69 Å². The van der Waals surface area contributed by atoms with Gasteiger partial charge in [0.05, 0.1) is 22.8 Å². The molecule has 4 rings (SSSR count). The van der Waals surface area contributed by atoms with Gasteiger partial charge in [0, 0.05) is 42.3 Å². The molecule has 1 aliphatic heterocycles. The number of carbonyl (C=O) groups is 1. The van der Waals surface area contributed by atoms with Crippen molar-refractivity contribution in [3.63, 3.8) is 0 Å². The molecular weight excluding hydrogens is 384 g/mol. The van der Waals surface area contributed by atoms with Crippen molar-refractivity contribution in [1.29, 1.82) is 0 Å². The number of hydrogen-bond acceptors (Lipinski definition) is 6. The predicted molar refractivity (Wildman–Crippen MR) is 112 cm³/mol. The Balaban J connectivity index is 1.94. The van der Waals surface area contributed by atoms with E-state index in [-0.39, 0.29) is 12.3 Å². The summed E-state index contributed by atoms with van der Waals surface area (Å²) in [6.07, 6.45) is 4.43.